The number of piperidine rings is 1. The number of aliphatic hydroxyl groups excluding tert-OH is 1. The van der Waals surface area contributed by atoms with Crippen LogP contribution in [-0.4, -0.2) is 62.0 Å². The van der Waals surface area contributed by atoms with Gasteiger partial charge in [0.05, 0.1) is 6.61 Å². The Morgan fingerprint density at radius 3 is 2.61 bits per heavy atom. The lowest BCUT2D eigenvalue weighted by Crippen LogP contribution is -2.46. The van der Waals surface area contributed by atoms with Crippen LogP contribution in [0.4, 0.5) is 0 Å². The number of hydrogen-bond donors (Lipinski definition) is 2. The van der Waals surface area contributed by atoms with Crippen molar-refractivity contribution in [3.63, 3.8) is 0 Å². The molecule has 0 radical (unpaired) electrons. The molecule has 0 aliphatic carbocycles. The topological polar surface area (TPSA) is 44.7 Å². The molecule has 2 saturated heterocycles. The van der Waals surface area contributed by atoms with Crippen molar-refractivity contribution in [2.75, 3.05) is 46.0 Å². The highest BCUT2D eigenvalue weighted by atomic mass is 35.5. The standard InChI is InChI=1S/C13H26N2O2.ClH/c16-7-6-15(13-3-8-17-9-4-13)11-12-2-1-5-14-10-12;/h12-14,16H,1-11H2;1H. The first-order chi connectivity index (χ1) is 8.40. The van der Waals surface area contributed by atoms with Crippen LogP contribution in [-0.2, 0) is 4.74 Å². The summed E-state index contributed by atoms with van der Waals surface area (Å²) < 4.78 is 5.42. The van der Waals surface area contributed by atoms with Crippen molar-refractivity contribution in [1.29, 1.82) is 0 Å². The van der Waals surface area contributed by atoms with Crippen molar-refractivity contribution < 1.29 is 9.84 Å². The Morgan fingerprint density at radius 2 is 2.00 bits per heavy atom. The van der Waals surface area contributed by atoms with Crippen molar-refractivity contribution in [3.05, 3.63) is 0 Å². The Kier molecular flexibility index (Phi) is 8.18. The monoisotopic (exact) mass is 278 g/mol. The van der Waals surface area contributed by atoms with E-state index in [1.165, 1.54) is 19.4 Å². The molecule has 1 unspecified atom stereocenters. The first-order valence-corrected chi connectivity index (χ1v) is 7.03. The van der Waals surface area contributed by atoms with Crippen LogP contribution in [0.3, 0.4) is 0 Å². The minimum Gasteiger partial charge on any atom is -0.395 e. The van der Waals surface area contributed by atoms with E-state index < -0.39 is 0 Å². The molecule has 1 atom stereocenters. The van der Waals surface area contributed by atoms with Gasteiger partial charge in [0.15, 0.2) is 0 Å². The van der Waals surface area contributed by atoms with Gasteiger partial charge in [-0.3, -0.25) is 4.90 Å². The zero-order valence-corrected chi connectivity index (χ0v) is 12.0. The molecule has 2 aliphatic rings. The highest BCUT2D eigenvalue weighted by Crippen LogP contribution is 2.18. The van der Waals surface area contributed by atoms with E-state index in [0.717, 1.165) is 51.6 Å². The fourth-order valence-electron chi connectivity index (χ4n) is 3.01. The van der Waals surface area contributed by atoms with E-state index >= 15 is 0 Å². The second-order valence-corrected chi connectivity index (χ2v) is 5.27. The van der Waals surface area contributed by atoms with Crippen molar-refractivity contribution >= 4 is 12.4 Å². The van der Waals surface area contributed by atoms with Crippen LogP contribution in [0.2, 0.25) is 0 Å². The van der Waals surface area contributed by atoms with Crippen LogP contribution >= 0.6 is 12.4 Å². The second kappa shape index (κ2) is 9.10. The van der Waals surface area contributed by atoms with Gasteiger partial charge in [-0.05, 0) is 44.7 Å². The number of nitrogens with one attached hydrogen (secondary N) is 1. The maximum Gasteiger partial charge on any atom is 0.0558 e. The summed E-state index contributed by atoms with van der Waals surface area (Å²) >= 11 is 0. The maximum atomic E-state index is 9.21. The molecule has 0 aromatic carbocycles. The minimum atomic E-state index is 0. The van der Waals surface area contributed by atoms with Gasteiger partial charge in [-0.25, -0.2) is 0 Å². The Bertz CT molecular complexity index is 207. The molecule has 0 bridgehead atoms. The first-order valence-electron chi connectivity index (χ1n) is 7.03. The van der Waals surface area contributed by atoms with Gasteiger partial charge in [-0.2, -0.15) is 0 Å². The summed E-state index contributed by atoms with van der Waals surface area (Å²) in [4.78, 5) is 2.49. The van der Waals surface area contributed by atoms with E-state index in [-0.39, 0.29) is 19.0 Å². The Balaban J connectivity index is 0.00000162. The highest BCUT2D eigenvalue weighted by molar-refractivity contribution is 5.85. The van der Waals surface area contributed by atoms with Crippen molar-refractivity contribution in [3.8, 4) is 0 Å². The van der Waals surface area contributed by atoms with E-state index in [9.17, 15) is 5.11 Å². The smallest absolute Gasteiger partial charge is 0.0558 e. The third kappa shape index (κ3) is 5.02. The van der Waals surface area contributed by atoms with Crippen LogP contribution in [0.15, 0.2) is 0 Å². The summed E-state index contributed by atoms with van der Waals surface area (Å²) in [6, 6.07) is 0.623. The third-order valence-electron chi connectivity index (χ3n) is 3.99. The molecule has 2 heterocycles. The number of rotatable bonds is 5. The Labute approximate surface area is 116 Å². The number of aliphatic hydroxyl groups is 1. The van der Waals surface area contributed by atoms with Gasteiger partial charge in [0, 0.05) is 32.3 Å². The van der Waals surface area contributed by atoms with E-state index in [0.29, 0.717) is 6.04 Å². The van der Waals surface area contributed by atoms with Crippen molar-refractivity contribution in [2.24, 2.45) is 5.92 Å². The summed E-state index contributed by atoms with van der Waals surface area (Å²) in [6.07, 6.45) is 4.88. The summed E-state index contributed by atoms with van der Waals surface area (Å²) in [6.45, 7) is 6.32. The Morgan fingerprint density at radius 1 is 1.22 bits per heavy atom. The fraction of sp³-hybridized carbons (Fsp3) is 1.00. The van der Waals surface area contributed by atoms with Crippen LogP contribution in [0, 0.1) is 5.92 Å². The van der Waals surface area contributed by atoms with E-state index in [1.807, 2.05) is 0 Å². The van der Waals surface area contributed by atoms with Crippen molar-refractivity contribution in [2.45, 2.75) is 31.7 Å². The average Bonchev–Trinajstić information content (AvgIpc) is 2.40. The van der Waals surface area contributed by atoms with Gasteiger partial charge in [0.25, 0.3) is 0 Å². The minimum absolute atomic E-state index is 0. The molecule has 0 spiro atoms. The molecule has 0 aromatic heterocycles. The van der Waals surface area contributed by atoms with E-state index in [4.69, 9.17) is 4.74 Å². The molecule has 5 heteroatoms. The zero-order chi connectivity index (χ0) is 11.9. The highest BCUT2D eigenvalue weighted by Gasteiger charge is 2.24. The summed E-state index contributed by atoms with van der Waals surface area (Å²) in [5.74, 6) is 0.762. The summed E-state index contributed by atoms with van der Waals surface area (Å²) in [5.41, 5.74) is 0. The third-order valence-corrected chi connectivity index (χ3v) is 3.99. The average molecular weight is 279 g/mol. The van der Waals surface area contributed by atoms with Gasteiger partial charge < -0.3 is 15.2 Å². The van der Waals surface area contributed by atoms with Gasteiger partial charge in [-0.1, -0.05) is 0 Å². The molecule has 2 N–H and O–H groups in total. The molecule has 18 heavy (non-hydrogen) atoms. The van der Waals surface area contributed by atoms with E-state index in [1.54, 1.807) is 0 Å². The second-order valence-electron chi connectivity index (χ2n) is 5.27. The fourth-order valence-corrected chi connectivity index (χ4v) is 3.01. The lowest BCUT2D eigenvalue weighted by atomic mass is 9.97. The van der Waals surface area contributed by atoms with E-state index in [2.05, 4.69) is 10.2 Å². The summed E-state index contributed by atoms with van der Waals surface area (Å²) in [7, 11) is 0. The zero-order valence-electron chi connectivity index (χ0n) is 11.1. The molecule has 0 saturated carbocycles. The van der Waals surface area contributed by atoms with Crippen LogP contribution < -0.4 is 5.32 Å². The number of nitrogens with zero attached hydrogens (tertiary/aromatic N) is 1. The van der Waals surface area contributed by atoms with Crippen LogP contribution in [0.1, 0.15) is 25.7 Å². The lowest BCUT2D eigenvalue weighted by Gasteiger charge is -2.37. The predicted molar refractivity (Wildman–Crippen MR) is 75.3 cm³/mol. The number of halogens is 1. The van der Waals surface area contributed by atoms with Gasteiger partial charge in [-0.15, -0.1) is 12.4 Å². The first kappa shape index (κ1) is 16.2. The number of hydrogen-bond acceptors (Lipinski definition) is 4. The Hall–Kier alpha value is 0.130. The predicted octanol–water partition coefficient (Wildman–Crippen LogP) is 0.881. The quantitative estimate of drug-likeness (QED) is 0.784. The van der Waals surface area contributed by atoms with Gasteiger partial charge in [0.1, 0.15) is 0 Å². The lowest BCUT2D eigenvalue weighted by molar-refractivity contribution is 0.0205. The summed E-state index contributed by atoms with van der Waals surface area (Å²) in [5, 5.41) is 12.7. The largest absolute Gasteiger partial charge is 0.395 e. The molecular formula is C13H27ClN2O2. The molecule has 2 aliphatic heterocycles. The number of ether oxygens (including phenoxy) is 1. The van der Waals surface area contributed by atoms with Crippen molar-refractivity contribution in [1.82, 2.24) is 10.2 Å². The molecule has 108 valence electrons. The normalized spacial score (nSPS) is 26.0. The molecule has 4 nitrogen and oxygen atoms in total. The van der Waals surface area contributed by atoms with Crippen LogP contribution in [0.25, 0.3) is 0 Å². The van der Waals surface area contributed by atoms with Gasteiger partial charge in [0.2, 0.25) is 0 Å². The molecule has 2 rings (SSSR count). The molecular weight excluding hydrogens is 252 g/mol. The molecule has 0 amide bonds. The molecule has 2 fully saturated rings. The SMILES string of the molecule is Cl.OCCN(CC1CCCNC1)C1CCOCC1. The van der Waals surface area contributed by atoms with Crippen LogP contribution in [0.5, 0.6) is 0 Å². The maximum absolute atomic E-state index is 9.21. The molecule has 0 aromatic rings. The van der Waals surface area contributed by atoms with Gasteiger partial charge >= 0.3 is 0 Å².